The highest BCUT2D eigenvalue weighted by atomic mass is 79.9. The van der Waals surface area contributed by atoms with Gasteiger partial charge in [0.15, 0.2) is 0 Å². The normalized spacial score (nSPS) is 13.0. The monoisotopic (exact) mass is 233 g/mol. The van der Waals surface area contributed by atoms with Crippen molar-refractivity contribution in [1.82, 2.24) is 5.32 Å². The second kappa shape index (κ2) is 4.10. The molecule has 0 bridgehead atoms. The van der Waals surface area contributed by atoms with Crippen LogP contribution in [0.3, 0.4) is 0 Å². The van der Waals surface area contributed by atoms with E-state index >= 15 is 0 Å². The van der Waals surface area contributed by atoms with E-state index in [2.05, 4.69) is 21.2 Å². The zero-order valence-electron chi connectivity index (χ0n) is 6.14. The molecule has 1 aromatic rings. The molecule has 0 aliphatic rings. The van der Waals surface area contributed by atoms with Crippen molar-refractivity contribution in [2.75, 3.05) is 7.05 Å². The van der Waals surface area contributed by atoms with E-state index < -0.39 is 0 Å². The zero-order valence-corrected chi connectivity index (χ0v) is 8.48. The summed E-state index contributed by atoms with van der Waals surface area (Å²) in [6.07, 6.45) is 0. The van der Waals surface area contributed by atoms with Crippen molar-refractivity contribution >= 4 is 27.5 Å². The van der Waals surface area contributed by atoms with Gasteiger partial charge < -0.3 is 5.32 Å². The van der Waals surface area contributed by atoms with Gasteiger partial charge in [-0.25, -0.2) is 0 Å². The van der Waals surface area contributed by atoms with Gasteiger partial charge in [-0.1, -0.05) is 39.7 Å². The van der Waals surface area contributed by atoms with Gasteiger partial charge in [-0.3, -0.25) is 0 Å². The molecule has 0 heterocycles. The zero-order chi connectivity index (χ0) is 8.27. The van der Waals surface area contributed by atoms with E-state index in [1.807, 2.05) is 31.3 Å². The molecule has 0 fully saturated rings. The lowest BCUT2D eigenvalue weighted by Gasteiger charge is -2.07. The number of hydrogen-bond acceptors (Lipinski definition) is 1. The number of halogens is 2. The van der Waals surface area contributed by atoms with E-state index in [0.29, 0.717) is 0 Å². The Morgan fingerprint density at radius 3 is 2.36 bits per heavy atom. The summed E-state index contributed by atoms with van der Waals surface area (Å²) in [5, 5.41) is 3.84. The average molecular weight is 235 g/mol. The summed E-state index contributed by atoms with van der Waals surface area (Å²) in [5.41, 5.74) is 1.18. The largest absolute Gasteiger partial charge is 0.304 e. The summed E-state index contributed by atoms with van der Waals surface area (Å²) in [4.78, 5) is 0.208. The van der Waals surface area contributed by atoms with Gasteiger partial charge in [0.1, 0.15) is 0 Å². The van der Waals surface area contributed by atoms with Crippen LogP contribution in [0.25, 0.3) is 0 Å². The molecule has 1 rings (SSSR count). The third-order valence-corrected chi connectivity index (χ3v) is 2.65. The highest BCUT2D eigenvalue weighted by Crippen LogP contribution is 2.20. The van der Waals surface area contributed by atoms with E-state index in [1.54, 1.807) is 0 Å². The van der Waals surface area contributed by atoms with Crippen LogP contribution in [0.5, 0.6) is 0 Å². The van der Waals surface area contributed by atoms with Gasteiger partial charge in [-0.15, -0.1) is 0 Å². The fraction of sp³-hybridized carbons (Fsp3) is 0.250. The first-order chi connectivity index (χ1) is 5.24. The Morgan fingerprint density at radius 1 is 1.36 bits per heavy atom. The van der Waals surface area contributed by atoms with E-state index in [4.69, 9.17) is 11.6 Å². The number of alkyl halides is 1. The molecule has 3 heteroatoms. The number of hydrogen-bond donors (Lipinski definition) is 1. The number of rotatable bonds is 2. The van der Waals surface area contributed by atoms with Crippen molar-refractivity contribution in [3.63, 3.8) is 0 Å². The summed E-state index contributed by atoms with van der Waals surface area (Å²) < 4.78 is 0. The number of benzene rings is 1. The first kappa shape index (κ1) is 9.04. The standard InChI is InChI=1S/C8H9BrClN/c1-11-8(9)6-2-4-7(10)5-3-6/h2-5,8,11H,1H3. The van der Waals surface area contributed by atoms with Crippen LogP contribution in [0.4, 0.5) is 0 Å². The second-order valence-electron chi connectivity index (χ2n) is 2.20. The molecule has 1 atom stereocenters. The van der Waals surface area contributed by atoms with Crippen molar-refractivity contribution < 1.29 is 0 Å². The highest BCUT2D eigenvalue weighted by Gasteiger charge is 2.01. The maximum absolute atomic E-state index is 5.72. The van der Waals surface area contributed by atoms with Crippen LogP contribution < -0.4 is 5.32 Å². The average Bonchev–Trinajstić information content (AvgIpc) is 2.05. The summed E-state index contributed by atoms with van der Waals surface area (Å²) in [7, 11) is 1.90. The lowest BCUT2D eigenvalue weighted by atomic mass is 10.2. The summed E-state index contributed by atoms with van der Waals surface area (Å²) >= 11 is 9.18. The first-order valence-corrected chi connectivity index (χ1v) is 4.60. The Kier molecular flexibility index (Phi) is 3.37. The Morgan fingerprint density at radius 2 is 1.91 bits per heavy atom. The molecule has 0 aliphatic carbocycles. The maximum atomic E-state index is 5.72. The molecule has 11 heavy (non-hydrogen) atoms. The Hall–Kier alpha value is -0.0500. The predicted octanol–water partition coefficient (Wildman–Crippen LogP) is 2.95. The van der Waals surface area contributed by atoms with Gasteiger partial charge in [0.2, 0.25) is 0 Å². The molecular formula is C8H9BrClN. The van der Waals surface area contributed by atoms with E-state index in [-0.39, 0.29) is 4.95 Å². The molecule has 0 saturated carbocycles. The minimum atomic E-state index is 0.208. The molecule has 0 aliphatic heterocycles. The summed E-state index contributed by atoms with van der Waals surface area (Å²) in [5.74, 6) is 0. The van der Waals surface area contributed by atoms with Crippen LogP contribution in [0, 0.1) is 0 Å². The van der Waals surface area contributed by atoms with Crippen LogP contribution in [0.15, 0.2) is 24.3 Å². The third-order valence-electron chi connectivity index (χ3n) is 1.42. The van der Waals surface area contributed by atoms with Crippen LogP contribution in [0.2, 0.25) is 5.02 Å². The highest BCUT2D eigenvalue weighted by molar-refractivity contribution is 9.09. The Bertz CT molecular complexity index is 222. The van der Waals surface area contributed by atoms with Crippen molar-refractivity contribution in [3.8, 4) is 0 Å². The molecular weight excluding hydrogens is 225 g/mol. The lowest BCUT2D eigenvalue weighted by molar-refractivity contribution is 0.808. The third kappa shape index (κ3) is 2.47. The molecule has 0 saturated heterocycles. The predicted molar refractivity (Wildman–Crippen MR) is 52.2 cm³/mol. The van der Waals surface area contributed by atoms with Crippen LogP contribution in [-0.4, -0.2) is 7.05 Å². The molecule has 0 spiro atoms. The van der Waals surface area contributed by atoms with Crippen molar-refractivity contribution in [2.45, 2.75) is 4.95 Å². The number of nitrogens with one attached hydrogen (secondary N) is 1. The van der Waals surface area contributed by atoms with E-state index in [9.17, 15) is 0 Å². The van der Waals surface area contributed by atoms with Crippen molar-refractivity contribution in [3.05, 3.63) is 34.9 Å². The van der Waals surface area contributed by atoms with Gasteiger partial charge in [-0.2, -0.15) is 0 Å². The quantitative estimate of drug-likeness (QED) is 0.613. The molecule has 0 aromatic heterocycles. The molecule has 1 aromatic carbocycles. The molecule has 1 N–H and O–H groups in total. The molecule has 0 amide bonds. The van der Waals surface area contributed by atoms with Crippen LogP contribution >= 0.6 is 27.5 Å². The molecule has 60 valence electrons. The van der Waals surface area contributed by atoms with Crippen molar-refractivity contribution in [2.24, 2.45) is 0 Å². The van der Waals surface area contributed by atoms with E-state index in [1.165, 1.54) is 5.56 Å². The minimum absolute atomic E-state index is 0.208. The summed E-state index contributed by atoms with van der Waals surface area (Å²) in [6, 6.07) is 7.72. The van der Waals surface area contributed by atoms with Crippen LogP contribution in [-0.2, 0) is 0 Å². The van der Waals surface area contributed by atoms with Gasteiger partial charge in [0.05, 0.1) is 4.95 Å². The van der Waals surface area contributed by atoms with Gasteiger partial charge in [-0.05, 0) is 24.7 Å². The van der Waals surface area contributed by atoms with Gasteiger partial charge in [0, 0.05) is 5.02 Å². The topological polar surface area (TPSA) is 12.0 Å². The smallest absolute Gasteiger partial charge is 0.0884 e. The lowest BCUT2D eigenvalue weighted by Crippen LogP contribution is -2.08. The van der Waals surface area contributed by atoms with Crippen molar-refractivity contribution in [1.29, 1.82) is 0 Å². The maximum Gasteiger partial charge on any atom is 0.0884 e. The van der Waals surface area contributed by atoms with Crippen LogP contribution in [0.1, 0.15) is 10.5 Å². The molecule has 1 nitrogen and oxygen atoms in total. The molecule has 0 radical (unpaired) electrons. The van der Waals surface area contributed by atoms with Gasteiger partial charge in [0.25, 0.3) is 0 Å². The molecule has 1 unspecified atom stereocenters. The van der Waals surface area contributed by atoms with Gasteiger partial charge >= 0.3 is 0 Å². The fourth-order valence-corrected chi connectivity index (χ4v) is 1.23. The second-order valence-corrected chi connectivity index (χ2v) is 3.55. The Labute approximate surface area is 79.9 Å². The SMILES string of the molecule is CNC(Br)c1ccc(Cl)cc1. The van der Waals surface area contributed by atoms with E-state index in [0.717, 1.165) is 5.02 Å². The minimum Gasteiger partial charge on any atom is -0.304 e. The Balaban J connectivity index is 2.81. The first-order valence-electron chi connectivity index (χ1n) is 3.31. The summed E-state index contributed by atoms with van der Waals surface area (Å²) in [6.45, 7) is 0. The fourth-order valence-electron chi connectivity index (χ4n) is 0.798.